The molecule has 1 aromatic carbocycles. The molecule has 7 heteroatoms. The van der Waals surface area contributed by atoms with E-state index in [1.165, 1.54) is 0 Å². The summed E-state index contributed by atoms with van der Waals surface area (Å²) in [5.41, 5.74) is 2.80. The third-order valence-corrected chi connectivity index (χ3v) is 4.68. The first-order chi connectivity index (χ1) is 12.9. The average Bonchev–Trinajstić information content (AvgIpc) is 2.65. The summed E-state index contributed by atoms with van der Waals surface area (Å²) in [7, 11) is 0. The van der Waals surface area contributed by atoms with Crippen molar-refractivity contribution in [2.45, 2.75) is 53.1 Å². The number of aliphatic imine (C=N–C) groups is 1. The van der Waals surface area contributed by atoms with Crippen LogP contribution in [0.15, 0.2) is 17.1 Å². The maximum atomic E-state index is 11.8. The van der Waals surface area contributed by atoms with Gasteiger partial charge in [0.2, 0.25) is 0 Å². The highest BCUT2D eigenvalue weighted by molar-refractivity contribution is 5.80. The number of carbonyl (C=O) groups is 1. The molecule has 1 fully saturated rings. The highest BCUT2D eigenvalue weighted by Crippen LogP contribution is 2.23. The summed E-state index contributed by atoms with van der Waals surface area (Å²) in [6.45, 7) is 10.8. The van der Waals surface area contributed by atoms with Gasteiger partial charge in [-0.3, -0.25) is 0 Å². The lowest BCUT2D eigenvalue weighted by molar-refractivity contribution is 0.0963. The summed E-state index contributed by atoms with van der Waals surface area (Å²) < 4.78 is 5.06. The molecule has 0 bridgehead atoms. The lowest BCUT2D eigenvalue weighted by Crippen LogP contribution is -2.49. The predicted octanol–water partition coefficient (Wildman–Crippen LogP) is 2.69. The van der Waals surface area contributed by atoms with Crippen molar-refractivity contribution < 1.29 is 14.6 Å². The zero-order valence-corrected chi connectivity index (χ0v) is 16.8. The van der Waals surface area contributed by atoms with Crippen LogP contribution in [-0.2, 0) is 11.3 Å². The second kappa shape index (κ2) is 10.0. The zero-order valence-electron chi connectivity index (χ0n) is 16.8. The highest BCUT2D eigenvalue weighted by Gasteiger charge is 2.24. The molecule has 0 unspecified atom stereocenters. The molecular formula is C20H32N4O3. The molecule has 0 radical (unpaired) electrons. The van der Waals surface area contributed by atoms with Crippen LogP contribution in [0.3, 0.4) is 0 Å². The van der Waals surface area contributed by atoms with E-state index >= 15 is 0 Å². The smallest absolute Gasteiger partial charge is 0.409 e. The van der Waals surface area contributed by atoms with Gasteiger partial charge in [0.1, 0.15) is 5.75 Å². The molecule has 7 nitrogen and oxygen atoms in total. The lowest BCUT2D eigenvalue weighted by atomic mass is 10.1. The standard InChI is InChI=1S/C20H32N4O3/c1-5-21-19(22-13-16-11-14(3)18(25)15(4)12-16)23-17-7-9-24(10-8-17)20(26)27-6-2/h11-12,17,25H,5-10,13H2,1-4H3,(H2,21,22,23). The van der Waals surface area contributed by atoms with Crippen molar-refractivity contribution in [1.82, 2.24) is 15.5 Å². The summed E-state index contributed by atoms with van der Waals surface area (Å²) in [4.78, 5) is 18.2. The maximum absolute atomic E-state index is 11.8. The Morgan fingerprint density at radius 2 is 1.89 bits per heavy atom. The lowest BCUT2D eigenvalue weighted by Gasteiger charge is -2.32. The molecule has 150 valence electrons. The number of aryl methyl sites for hydroxylation is 2. The van der Waals surface area contributed by atoms with E-state index in [1.807, 2.05) is 39.8 Å². The first-order valence-corrected chi connectivity index (χ1v) is 9.70. The number of phenols is 1. The monoisotopic (exact) mass is 376 g/mol. The molecule has 1 heterocycles. The number of likely N-dealkylation sites (tertiary alicyclic amines) is 1. The minimum absolute atomic E-state index is 0.227. The molecule has 0 aromatic heterocycles. The first-order valence-electron chi connectivity index (χ1n) is 9.70. The molecule has 1 aliphatic rings. The Morgan fingerprint density at radius 3 is 2.44 bits per heavy atom. The van der Waals surface area contributed by atoms with Crippen molar-refractivity contribution in [2.75, 3.05) is 26.2 Å². The number of piperidine rings is 1. The Labute approximate surface area is 161 Å². The number of guanidine groups is 1. The SMILES string of the molecule is CCNC(=NCc1cc(C)c(O)c(C)c1)NC1CCN(C(=O)OCC)CC1. The topological polar surface area (TPSA) is 86.2 Å². The van der Waals surface area contributed by atoms with Gasteiger partial charge in [-0.05, 0) is 57.2 Å². The van der Waals surface area contributed by atoms with Crippen molar-refractivity contribution in [2.24, 2.45) is 4.99 Å². The Morgan fingerprint density at radius 1 is 1.26 bits per heavy atom. The molecular weight excluding hydrogens is 344 g/mol. The molecule has 2 rings (SSSR count). The van der Waals surface area contributed by atoms with Crippen LogP contribution in [0.5, 0.6) is 5.75 Å². The number of rotatable bonds is 5. The van der Waals surface area contributed by atoms with Crippen LogP contribution in [0, 0.1) is 13.8 Å². The van der Waals surface area contributed by atoms with E-state index in [-0.39, 0.29) is 12.1 Å². The third-order valence-electron chi connectivity index (χ3n) is 4.68. The molecule has 0 spiro atoms. The minimum atomic E-state index is -0.227. The van der Waals surface area contributed by atoms with Crippen LogP contribution in [0.1, 0.15) is 43.4 Å². The van der Waals surface area contributed by atoms with Gasteiger partial charge < -0.3 is 25.4 Å². The van der Waals surface area contributed by atoms with Crippen LogP contribution in [0.2, 0.25) is 0 Å². The van der Waals surface area contributed by atoms with E-state index in [0.717, 1.165) is 42.0 Å². The van der Waals surface area contributed by atoms with E-state index in [0.29, 0.717) is 32.0 Å². The summed E-state index contributed by atoms with van der Waals surface area (Å²) in [6, 6.07) is 4.21. The Balaban J connectivity index is 1.94. The largest absolute Gasteiger partial charge is 0.507 e. The number of benzene rings is 1. The van der Waals surface area contributed by atoms with Crippen molar-refractivity contribution in [3.63, 3.8) is 0 Å². The van der Waals surface area contributed by atoms with Crippen LogP contribution >= 0.6 is 0 Å². The number of phenolic OH excluding ortho intramolecular Hbond substituents is 1. The molecule has 1 amide bonds. The molecule has 0 saturated carbocycles. The van der Waals surface area contributed by atoms with Crippen LogP contribution in [-0.4, -0.2) is 54.3 Å². The molecule has 1 aromatic rings. The van der Waals surface area contributed by atoms with Gasteiger partial charge >= 0.3 is 6.09 Å². The van der Waals surface area contributed by atoms with Crippen LogP contribution < -0.4 is 10.6 Å². The fourth-order valence-electron chi connectivity index (χ4n) is 3.24. The minimum Gasteiger partial charge on any atom is -0.507 e. The van der Waals surface area contributed by atoms with E-state index in [2.05, 4.69) is 15.6 Å². The number of carbonyl (C=O) groups excluding carboxylic acids is 1. The normalized spacial score (nSPS) is 15.6. The Kier molecular flexibility index (Phi) is 7.76. The highest BCUT2D eigenvalue weighted by atomic mass is 16.6. The van der Waals surface area contributed by atoms with Gasteiger partial charge in [-0.25, -0.2) is 9.79 Å². The third kappa shape index (κ3) is 6.05. The fraction of sp³-hybridized carbons (Fsp3) is 0.600. The molecule has 0 atom stereocenters. The summed E-state index contributed by atoms with van der Waals surface area (Å²) in [5.74, 6) is 1.12. The van der Waals surface area contributed by atoms with Gasteiger partial charge in [0.05, 0.1) is 13.2 Å². The van der Waals surface area contributed by atoms with Crippen LogP contribution in [0.4, 0.5) is 4.79 Å². The summed E-state index contributed by atoms with van der Waals surface area (Å²) in [5, 5.41) is 16.7. The first kappa shape index (κ1) is 20.9. The van der Waals surface area contributed by atoms with E-state index in [4.69, 9.17) is 4.74 Å². The number of hydrogen-bond donors (Lipinski definition) is 3. The van der Waals surface area contributed by atoms with Gasteiger partial charge in [-0.1, -0.05) is 12.1 Å². The predicted molar refractivity (Wildman–Crippen MR) is 107 cm³/mol. The Bertz CT molecular complexity index is 644. The number of ether oxygens (including phenoxy) is 1. The van der Waals surface area contributed by atoms with Gasteiger partial charge in [-0.2, -0.15) is 0 Å². The molecule has 0 aliphatic carbocycles. The zero-order chi connectivity index (χ0) is 19.8. The number of aromatic hydroxyl groups is 1. The van der Waals surface area contributed by atoms with Crippen molar-refractivity contribution in [3.8, 4) is 5.75 Å². The van der Waals surface area contributed by atoms with Crippen molar-refractivity contribution in [3.05, 3.63) is 28.8 Å². The second-order valence-electron chi connectivity index (χ2n) is 6.88. The quantitative estimate of drug-likeness (QED) is 0.543. The average molecular weight is 377 g/mol. The number of nitrogens with one attached hydrogen (secondary N) is 2. The van der Waals surface area contributed by atoms with Gasteiger partial charge in [0, 0.05) is 25.7 Å². The van der Waals surface area contributed by atoms with Crippen LogP contribution in [0.25, 0.3) is 0 Å². The van der Waals surface area contributed by atoms with Crippen molar-refractivity contribution >= 4 is 12.1 Å². The summed E-state index contributed by atoms with van der Waals surface area (Å²) in [6.07, 6.45) is 1.50. The molecule has 1 aliphatic heterocycles. The Hall–Kier alpha value is -2.44. The van der Waals surface area contributed by atoms with Crippen molar-refractivity contribution in [1.29, 1.82) is 0 Å². The number of hydrogen-bond acceptors (Lipinski definition) is 4. The maximum Gasteiger partial charge on any atom is 0.409 e. The van der Waals surface area contributed by atoms with Gasteiger partial charge in [0.25, 0.3) is 0 Å². The number of nitrogens with zero attached hydrogens (tertiary/aromatic N) is 2. The molecule has 3 N–H and O–H groups in total. The van der Waals surface area contributed by atoms with E-state index < -0.39 is 0 Å². The fourth-order valence-corrected chi connectivity index (χ4v) is 3.24. The number of amides is 1. The second-order valence-corrected chi connectivity index (χ2v) is 6.88. The van der Waals surface area contributed by atoms with E-state index in [1.54, 1.807) is 4.90 Å². The molecule has 1 saturated heterocycles. The van der Waals surface area contributed by atoms with Gasteiger partial charge in [0.15, 0.2) is 5.96 Å². The van der Waals surface area contributed by atoms with Gasteiger partial charge in [-0.15, -0.1) is 0 Å². The molecule has 27 heavy (non-hydrogen) atoms. The van der Waals surface area contributed by atoms with E-state index in [9.17, 15) is 9.90 Å². The summed E-state index contributed by atoms with van der Waals surface area (Å²) >= 11 is 0.